The Hall–Kier alpha value is -0.180. The normalized spacial score (nSPS) is 16.4. The standard InChI is InChI=1S/C16H24ClNS/c1-12(2)18-10-14-7-8-15(9-16(14)17)19-11-13-5-3-4-6-13/h7-9,12-13,18H,3-6,10-11H2,1-2H3. The number of nitrogens with one attached hydrogen (secondary N) is 1. The van der Waals surface area contributed by atoms with Gasteiger partial charge in [-0.05, 0) is 36.5 Å². The van der Waals surface area contributed by atoms with Gasteiger partial charge in [0.25, 0.3) is 0 Å². The van der Waals surface area contributed by atoms with Crippen molar-refractivity contribution in [2.24, 2.45) is 5.92 Å². The Balaban J connectivity index is 1.86. The van der Waals surface area contributed by atoms with Gasteiger partial charge in [-0.15, -0.1) is 11.8 Å². The molecule has 0 saturated heterocycles. The third-order valence-electron chi connectivity index (χ3n) is 3.69. The van der Waals surface area contributed by atoms with Gasteiger partial charge in [-0.25, -0.2) is 0 Å². The van der Waals surface area contributed by atoms with Gasteiger partial charge in [0.05, 0.1) is 0 Å². The molecule has 0 spiro atoms. The molecule has 1 fully saturated rings. The van der Waals surface area contributed by atoms with Crippen LogP contribution in [-0.2, 0) is 6.54 Å². The summed E-state index contributed by atoms with van der Waals surface area (Å²) in [5, 5.41) is 4.30. The summed E-state index contributed by atoms with van der Waals surface area (Å²) in [4.78, 5) is 1.31. The van der Waals surface area contributed by atoms with E-state index in [-0.39, 0.29) is 0 Å². The number of benzene rings is 1. The van der Waals surface area contributed by atoms with Crippen molar-refractivity contribution < 1.29 is 0 Å². The van der Waals surface area contributed by atoms with Crippen LogP contribution in [0.3, 0.4) is 0 Å². The maximum atomic E-state index is 6.35. The summed E-state index contributed by atoms with van der Waals surface area (Å²) in [6, 6.07) is 6.99. The van der Waals surface area contributed by atoms with Crippen molar-refractivity contribution in [3.05, 3.63) is 28.8 Å². The van der Waals surface area contributed by atoms with E-state index in [4.69, 9.17) is 11.6 Å². The number of thioether (sulfide) groups is 1. The van der Waals surface area contributed by atoms with Crippen molar-refractivity contribution in [2.45, 2.75) is 57.0 Å². The zero-order valence-electron chi connectivity index (χ0n) is 11.9. The SMILES string of the molecule is CC(C)NCc1ccc(SCC2CCCC2)cc1Cl. The molecular weight excluding hydrogens is 274 g/mol. The zero-order chi connectivity index (χ0) is 13.7. The highest BCUT2D eigenvalue weighted by molar-refractivity contribution is 7.99. The van der Waals surface area contributed by atoms with E-state index >= 15 is 0 Å². The first-order chi connectivity index (χ1) is 9.15. The maximum absolute atomic E-state index is 6.35. The van der Waals surface area contributed by atoms with E-state index in [1.165, 1.54) is 41.9 Å². The molecule has 0 aliphatic heterocycles. The summed E-state index contributed by atoms with van der Waals surface area (Å²) >= 11 is 8.32. The molecule has 0 bridgehead atoms. The first-order valence-corrected chi connectivity index (χ1v) is 8.66. The topological polar surface area (TPSA) is 12.0 Å². The highest BCUT2D eigenvalue weighted by atomic mass is 35.5. The number of hydrogen-bond donors (Lipinski definition) is 1. The van der Waals surface area contributed by atoms with Crippen LogP contribution in [0.4, 0.5) is 0 Å². The summed E-state index contributed by atoms with van der Waals surface area (Å²) in [6.45, 7) is 5.16. The first kappa shape index (κ1) is 15.2. The predicted octanol–water partition coefficient (Wildman–Crippen LogP) is 5.12. The van der Waals surface area contributed by atoms with Gasteiger partial charge in [0, 0.05) is 28.3 Å². The Morgan fingerprint density at radius 1 is 1.32 bits per heavy atom. The van der Waals surface area contributed by atoms with Crippen LogP contribution in [0, 0.1) is 5.92 Å². The highest BCUT2D eigenvalue weighted by Crippen LogP contribution is 2.32. The van der Waals surface area contributed by atoms with Crippen LogP contribution in [0.1, 0.15) is 45.1 Å². The molecule has 2 rings (SSSR count). The maximum Gasteiger partial charge on any atom is 0.0462 e. The Kier molecular flexibility index (Phi) is 6.06. The van der Waals surface area contributed by atoms with Gasteiger partial charge in [-0.3, -0.25) is 0 Å². The van der Waals surface area contributed by atoms with Crippen LogP contribution in [0.5, 0.6) is 0 Å². The van der Waals surface area contributed by atoms with Crippen LogP contribution in [0.25, 0.3) is 0 Å². The zero-order valence-corrected chi connectivity index (χ0v) is 13.5. The lowest BCUT2D eigenvalue weighted by Crippen LogP contribution is -2.21. The average molecular weight is 298 g/mol. The predicted molar refractivity (Wildman–Crippen MR) is 86.1 cm³/mol. The quantitative estimate of drug-likeness (QED) is 0.731. The molecule has 1 aromatic rings. The summed E-state index contributed by atoms with van der Waals surface area (Å²) < 4.78 is 0. The minimum atomic E-state index is 0.493. The molecule has 1 aromatic carbocycles. The van der Waals surface area contributed by atoms with Crippen molar-refractivity contribution in [3.8, 4) is 0 Å². The number of hydrogen-bond acceptors (Lipinski definition) is 2. The highest BCUT2D eigenvalue weighted by Gasteiger charge is 2.15. The molecular formula is C16H24ClNS. The largest absolute Gasteiger partial charge is 0.310 e. The van der Waals surface area contributed by atoms with Gasteiger partial charge in [0.2, 0.25) is 0 Å². The molecule has 0 unspecified atom stereocenters. The summed E-state index contributed by atoms with van der Waals surface area (Å²) in [6.07, 6.45) is 5.67. The lowest BCUT2D eigenvalue weighted by atomic mass is 10.1. The fraction of sp³-hybridized carbons (Fsp3) is 0.625. The van der Waals surface area contributed by atoms with Crippen LogP contribution in [-0.4, -0.2) is 11.8 Å². The van der Waals surface area contributed by atoms with Gasteiger partial charge in [-0.1, -0.05) is 44.4 Å². The van der Waals surface area contributed by atoms with Crippen molar-refractivity contribution in [3.63, 3.8) is 0 Å². The molecule has 3 heteroatoms. The second kappa shape index (κ2) is 7.56. The van der Waals surface area contributed by atoms with E-state index in [1.807, 2.05) is 11.8 Å². The number of rotatable bonds is 6. The smallest absolute Gasteiger partial charge is 0.0462 e. The van der Waals surface area contributed by atoms with Crippen LogP contribution in [0.2, 0.25) is 5.02 Å². The van der Waals surface area contributed by atoms with E-state index < -0.39 is 0 Å². The van der Waals surface area contributed by atoms with Crippen LogP contribution < -0.4 is 5.32 Å². The molecule has 0 amide bonds. The average Bonchev–Trinajstić information content (AvgIpc) is 2.88. The van der Waals surface area contributed by atoms with Crippen molar-refractivity contribution in [2.75, 3.05) is 5.75 Å². The van der Waals surface area contributed by atoms with Crippen LogP contribution in [0.15, 0.2) is 23.1 Å². The molecule has 0 aromatic heterocycles. The second-order valence-corrected chi connectivity index (χ2v) is 7.25. The van der Waals surface area contributed by atoms with Gasteiger partial charge < -0.3 is 5.32 Å². The lowest BCUT2D eigenvalue weighted by Gasteiger charge is -2.12. The second-order valence-electron chi connectivity index (χ2n) is 5.75. The Bertz CT molecular complexity index is 400. The Morgan fingerprint density at radius 3 is 2.68 bits per heavy atom. The Morgan fingerprint density at radius 2 is 2.05 bits per heavy atom. The molecule has 1 nitrogen and oxygen atoms in total. The minimum Gasteiger partial charge on any atom is -0.310 e. The van der Waals surface area contributed by atoms with Gasteiger partial charge >= 0.3 is 0 Å². The Labute approximate surface area is 126 Å². The molecule has 0 radical (unpaired) electrons. The molecule has 1 aliphatic rings. The fourth-order valence-electron chi connectivity index (χ4n) is 2.47. The molecule has 1 N–H and O–H groups in total. The first-order valence-electron chi connectivity index (χ1n) is 7.30. The van der Waals surface area contributed by atoms with Gasteiger partial charge in [-0.2, -0.15) is 0 Å². The van der Waals surface area contributed by atoms with E-state index in [0.29, 0.717) is 6.04 Å². The van der Waals surface area contributed by atoms with E-state index in [1.54, 1.807) is 0 Å². The van der Waals surface area contributed by atoms with Gasteiger partial charge in [0.15, 0.2) is 0 Å². The minimum absolute atomic E-state index is 0.493. The van der Waals surface area contributed by atoms with Crippen LogP contribution >= 0.6 is 23.4 Å². The molecule has 0 atom stereocenters. The summed E-state index contributed by atoms with van der Waals surface area (Å²) in [7, 11) is 0. The summed E-state index contributed by atoms with van der Waals surface area (Å²) in [5.74, 6) is 2.17. The number of halogens is 1. The third-order valence-corrected chi connectivity index (χ3v) is 5.26. The third kappa shape index (κ3) is 5.02. The van der Waals surface area contributed by atoms with Crippen molar-refractivity contribution in [1.82, 2.24) is 5.32 Å². The fourth-order valence-corrected chi connectivity index (χ4v) is 3.91. The molecule has 19 heavy (non-hydrogen) atoms. The monoisotopic (exact) mass is 297 g/mol. The molecule has 1 saturated carbocycles. The van der Waals surface area contributed by atoms with E-state index in [2.05, 4.69) is 37.4 Å². The van der Waals surface area contributed by atoms with Gasteiger partial charge in [0.1, 0.15) is 0 Å². The molecule has 0 heterocycles. The van der Waals surface area contributed by atoms with E-state index in [0.717, 1.165) is 17.5 Å². The lowest BCUT2D eigenvalue weighted by molar-refractivity contribution is 0.589. The summed E-state index contributed by atoms with van der Waals surface area (Å²) in [5.41, 5.74) is 1.19. The molecule has 106 valence electrons. The van der Waals surface area contributed by atoms with E-state index in [9.17, 15) is 0 Å². The van der Waals surface area contributed by atoms with Crippen molar-refractivity contribution >= 4 is 23.4 Å². The van der Waals surface area contributed by atoms with Crippen molar-refractivity contribution in [1.29, 1.82) is 0 Å². The molecule has 1 aliphatic carbocycles.